The average Bonchev–Trinajstić information content (AvgIpc) is 2.67. The van der Waals surface area contributed by atoms with E-state index in [2.05, 4.69) is 17.7 Å². The second-order valence-electron chi connectivity index (χ2n) is 8.36. The number of terminal acetylenes is 1. The molecule has 5 nitrogen and oxygen atoms in total. The lowest BCUT2D eigenvalue weighted by atomic mass is 9.85. The molecular formula is C22H28N2O3. The van der Waals surface area contributed by atoms with Crippen LogP contribution < -0.4 is 0 Å². The summed E-state index contributed by atoms with van der Waals surface area (Å²) in [7, 11) is 1.74. The normalized spacial score (nSPS) is 19.7. The summed E-state index contributed by atoms with van der Waals surface area (Å²) in [5.74, 6) is 2.59. The van der Waals surface area contributed by atoms with Crippen molar-refractivity contribution in [3.8, 4) is 12.3 Å². The topological polar surface area (TPSA) is 62.7 Å². The van der Waals surface area contributed by atoms with Crippen molar-refractivity contribution in [2.75, 3.05) is 26.8 Å². The lowest BCUT2D eigenvalue weighted by Crippen LogP contribution is -2.44. The Morgan fingerprint density at radius 2 is 2.04 bits per heavy atom. The Morgan fingerprint density at radius 1 is 1.37 bits per heavy atom. The Hall–Kier alpha value is -2.16. The number of aliphatic hydroxyl groups is 1. The predicted octanol–water partition coefficient (Wildman–Crippen LogP) is 2.32. The number of fused-ring (bicyclic) bond motifs is 1. The summed E-state index contributed by atoms with van der Waals surface area (Å²) in [5.41, 5.74) is 3.03. The molecule has 0 bridgehead atoms. The second kappa shape index (κ2) is 7.10. The molecule has 1 N–H and O–H groups in total. The molecular weight excluding hydrogens is 340 g/mol. The first-order valence-corrected chi connectivity index (χ1v) is 9.40. The predicted molar refractivity (Wildman–Crippen MR) is 105 cm³/mol. The molecule has 1 saturated heterocycles. The molecule has 1 fully saturated rings. The molecule has 0 unspecified atom stereocenters. The third-order valence-electron chi connectivity index (χ3n) is 5.93. The van der Waals surface area contributed by atoms with E-state index < -0.39 is 5.41 Å². The van der Waals surface area contributed by atoms with Crippen LogP contribution in [0.15, 0.2) is 17.7 Å². The molecule has 0 spiro atoms. The molecule has 0 atom stereocenters. The first kappa shape index (κ1) is 19.6. The molecule has 3 rings (SSSR count). The number of ketones is 1. The van der Waals surface area contributed by atoms with Crippen molar-refractivity contribution < 1.29 is 14.6 Å². The maximum Gasteiger partial charge on any atom is 0.177 e. The van der Waals surface area contributed by atoms with E-state index in [0.29, 0.717) is 5.57 Å². The zero-order valence-corrected chi connectivity index (χ0v) is 16.6. The highest BCUT2D eigenvalue weighted by atomic mass is 16.5. The van der Waals surface area contributed by atoms with Crippen LogP contribution in [-0.4, -0.2) is 53.2 Å². The van der Waals surface area contributed by atoms with Gasteiger partial charge in [0.2, 0.25) is 0 Å². The van der Waals surface area contributed by atoms with Gasteiger partial charge in [0, 0.05) is 37.7 Å². The molecule has 2 heterocycles. The Balaban J connectivity index is 2.07. The van der Waals surface area contributed by atoms with Crippen LogP contribution in [0.25, 0.3) is 5.70 Å². The molecule has 1 aromatic heterocycles. The molecule has 0 amide bonds. The first-order chi connectivity index (χ1) is 12.7. The fourth-order valence-electron chi connectivity index (χ4n) is 3.67. The van der Waals surface area contributed by atoms with Crippen LogP contribution >= 0.6 is 0 Å². The number of rotatable bonds is 4. The number of carbonyl (C=O) groups excluding carboxylic acids is 1. The number of hydrogen-bond acceptors (Lipinski definition) is 5. The fourth-order valence-corrected chi connectivity index (χ4v) is 3.67. The number of likely N-dealkylation sites (tertiary alicyclic amines) is 1. The van der Waals surface area contributed by atoms with E-state index in [1.807, 2.05) is 26.0 Å². The number of allylic oxidation sites excluding steroid dienone is 1. The highest BCUT2D eigenvalue weighted by Gasteiger charge is 2.36. The maximum atomic E-state index is 12.6. The molecule has 27 heavy (non-hydrogen) atoms. The van der Waals surface area contributed by atoms with Crippen molar-refractivity contribution in [1.82, 2.24) is 9.88 Å². The van der Waals surface area contributed by atoms with Gasteiger partial charge in [0.1, 0.15) is 0 Å². The molecule has 1 aromatic rings. The van der Waals surface area contributed by atoms with Gasteiger partial charge in [-0.2, -0.15) is 0 Å². The molecule has 1 aliphatic carbocycles. The number of ether oxygens (including phenoxy) is 1. The molecule has 0 saturated carbocycles. The van der Waals surface area contributed by atoms with E-state index in [1.54, 1.807) is 7.11 Å². The molecule has 0 aromatic carbocycles. The smallest absolute Gasteiger partial charge is 0.177 e. The highest BCUT2D eigenvalue weighted by molar-refractivity contribution is 6.09. The monoisotopic (exact) mass is 368 g/mol. The van der Waals surface area contributed by atoms with Crippen molar-refractivity contribution in [2.24, 2.45) is 0 Å². The number of piperidine rings is 1. The Bertz CT molecular complexity index is 824. The molecule has 144 valence electrons. The van der Waals surface area contributed by atoms with Gasteiger partial charge in [-0.3, -0.25) is 9.78 Å². The number of methoxy groups -OCH3 is 1. The summed E-state index contributed by atoms with van der Waals surface area (Å²) >= 11 is 0. The van der Waals surface area contributed by atoms with Crippen molar-refractivity contribution >= 4 is 11.5 Å². The standard InChI is InChI=1S/C22H28N2O3/c1-6-16-17(26)13-15-7-8-18(21(2,3)14-25)23-19(15)20(16)24-11-9-22(4,27-5)10-12-24/h1,7-8,25H,9-14H2,2-5H3. The lowest BCUT2D eigenvalue weighted by Gasteiger charge is -2.41. The SMILES string of the molecule is C#CC1=C(N2CCC(C)(OC)CC2)c2nc(C(C)(C)CO)ccc2CC1=O. The number of nitrogens with zero attached hydrogens (tertiary/aromatic N) is 2. The Morgan fingerprint density at radius 3 is 2.59 bits per heavy atom. The maximum absolute atomic E-state index is 12.6. The lowest BCUT2D eigenvalue weighted by molar-refractivity contribution is -0.114. The van der Waals surface area contributed by atoms with Crippen molar-refractivity contribution in [3.63, 3.8) is 0 Å². The quantitative estimate of drug-likeness (QED) is 0.827. The molecule has 5 heteroatoms. The molecule has 0 radical (unpaired) electrons. The van der Waals surface area contributed by atoms with Gasteiger partial charge < -0.3 is 14.7 Å². The summed E-state index contributed by atoms with van der Waals surface area (Å²) in [6, 6.07) is 3.85. The summed E-state index contributed by atoms with van der Waals surface area (Å²) < 4.78 is 5.64. The van der Waals surface area contributed by atoms with E-state index in [4.69, 9.17) is 16.1 Å². The second-order valence-corrected chi connectivity index (χ2v) is 8.36. The van der Waals surface area contributed by atoms with Crippen molar-refractivity contribution in [3.05, 3.63) is 34.7 Å². The summed E-state index contributed by atoms with van der Waals surface area (Å²) in [6.07, 6.45) is 7.72. The number of Topliss-reactive ketones (excluding diaryl/α,β-unsaturated/α-hetero) is 1. The summed E-state index contributed by atoms with van der Waals surface area (Å²) in [5, 5.41) is 9.73. The van der Waals surface area contributed by atoms with Gasteiger partial charge in [-0.15, -0.1) is 6.42 Å². The number of pyridine rings is 1. The van der Waals surface area contributed by atoms with Crippen LogP contribution in [-0.2, 0) is 21.4 Å². The van der Waals surface area contributed by atoms with Crippen LogP contribution in [0.4, 0.5) is 0 Å². The fraction of sp³-hybridized carbons (Fsp3) is 0.545. The van der Waals surface area contributed by atoms with Gasteiger partial charge in [-0.25, -0.2) is 0 Å². The van der Waals surface area contributed by atoms with Gasteiger partial charge in [0.25, 0.3) is 0 Å². The first-order valence-electron chi connectivity index (χ1n) is 9.40. The zero-order valence-electron chi connectivity index (χ0n) is 16.6. The average molecular weight is 368 g/mol. The van der Waals surface area contributed by atoms with Gasteiger partial charge >= 0.3 is 0 Å². The minimum absolute atomic E-state index is 0.00529. The van der Waals surface area contributed by atoms with Crippen molar-refractivity contribution in [1.29, 1.82) is 0 Å². The Labute approximate surface area is 161 Å². The van der Waals surface area contributed by atoms with Gasteiger partial charge in [-0.1, -0.05) is 25.8 Å². The Kier molecular flexibility index (Phi) is 5.16. The highest BCUT2D eigenvalue weighted by Crippen LogP contribution is 2.36. The summed E-state index contributed by atoms with van der Waals surface area (Å²) in [4.78, 5) is 19.7. The minimum atomic E-state index is -0.464. The molecule has 2 aliphatic rings. The van der Waals surface area contributed by atoms with E-state index in [9.17, 15) is 9.90 Å². The van der Waals surface area contributed by atoms with E-state index in [1.165, 1.54) is 0 Å². The van der Waals surface area contributed by atoms with Crippen LogP contribution in [0.5, 0.6) is 0 Å². The van der Waals surface area contributed by atoms with Gasteiger partial charge in [0.15, 0.2) is 5.78 Å². The van der Waals surface area contributed by atoms with Crippen molar-refractivity contribution in [2.45, 2.75) is 51.0 Å². The van der Waals surface area contributed by atoms with E-state index in [-0.39, 0.29) is 24.4 Å². The largest absolute Gasteiger partial charge is 0.395 e. The number of carbonyl (C=O) groups is 1. The van der Waals surface area contributed by atoms with Gasteiger partial charge in [0.05, 0.1) is 29.2 Å². The van der Waals surface area contributed by atoms with Crippen LogP contribution in [0.3, 0.4) is 0 Å². The third-order valence-corrected chi connectivity index (χ3v) is 5.93. The van der Waals surface area contributed by atoms with E-state index in [0.717, 1.165) is 48.6 Å². The number of hydrogen-bond donors (Lipinski definition) is 1. The minimum Gasteiger partial charge on any atom is -0.395 e. The number of aliphatic hydroxyl groups excluding tert-OH is 1. The van der Waals surface area contributed by atoms with Crippen LogP contribution in [0.1, 0.15) is 50.6 Å². The van der Waals surface area contributed by atoms with Crippen LogP contribution in [0.2, 0.25) is 0 Å². The van der Waals surface area contributed by atoms with Crippen LogP contribution in [0, 0.1) is 12.3 Å². The summed E-state index contributed by atoms with van der Waals surface area (Å²) in [6.45, 7) is 7.52. The van der Waals surface area contributed by atoms with E-state index >= 15 is 0 Å². The van der Waals surface area contributed by atoms with Gasteiger partial charge in [-0.05, 0) is 31.4 Å². The number of aromatic nitrogens is 1. The third kappa shape index (κ3) is 3.52. The molecule has 1 aliphatic heterocycles. The zero-order chi connectivity index (χ0) is 19.8.